The number of carbonyl (C=O) groups is 1. The predicted octanol–water partition coefficient (Wildman–Crippen LogP) is 3.74. The molecule has 3 rings (SSSR count). The zero-order chi connectivity index (χ0) is 14.7. The van der Waals surface area contributed by atoms with Gasteiger partial charge in [0.05, 0.1) is 0 Å². The van der Waals surface area contributed by atoms with Gasteiger partial charge in [-0.2, -0.15) is 0 Å². The maximum absolute atomic E-state index is 12.4. The standard InChI is InChI=1S/C18H26N2O/c1-2-3-13-4-8-16(9-5-13)20-18(21)15-7-6-14-10-11-19-17(14)12-15/h6-7,12-13,16,19H,2-5,8-11H2,1H3,(H,20,21). The SMILES string of the molecule is CCCC1CCC(NC(=O)c2ccc3c(c2)NCC3)CC1. The van der Waals surface area contributed by atoms with E-state index in [2.05, 4.69) is 23.6 Å². The van der Waals surface area contributed by atoms with E-state index < -0.39 is 0 Å². The number of fused-ring (bicyclic) bond motifs is 1. The summed E-state index contributed by atoms with van der Waals surface area (Å²) >= 11 is 0. The van der Waals surface area contributed by atoms with Gasteiger partial charge in [0.1, 0.15) is 0 Å². The molecule has 3 heteroatoms. The van der Waals surface area contributed by atoms with Gasteiger partial charge in [0.15, 0.2) is 0 Å². The van der Waals surface area contributed by atoms with Gasteiger partial charge in [0.2, 0.25) is 0 Å². The summed E-state index contributed by atoms with van der Waals surface area (Å²) < 4.78 is 0. The van der Waals surface area contributed by atoms with Crippen LogP contribution >= 0.6 is 0 Å². The number of amides is 1. The van der Waals surface area contributed by atoms with E-state index in [1.807, 2.05) is 12.1 Å². The molecular weight excluding hydrogens is 260 g/mol. The number of hydrogen-bond donors (Lipinski definition) is 2. The smallest absolute Gasteiger partial charge is 0.251 e. The molecule has 1 fully saturated rings. The van der Waals surface area contributed by atoms with Crippen LogP contribution in [-0.2, 0) is 6.42 Å². The minimum Gasteiger partial charge on any atom is -0.384 e. The van der Waals surface area contributed by atoms with Crippen molar-refractivity contribution in [3.63, 3.8) is 0 Å². The summed E-state index contributed by atoms with van der Waals surface area (Å²) in [7, 11) is 0. The van der Waals surface area contributed by atoms with Crippen molar-refractivity contribution in [2.75, 3.05) is 11.9 Å². The third-order valence-electron chi connectivity index (χ3n) is 4.96. The van der Waals surface area contributed by atoms with Crippen LogP contribution < -0.4 is 10.6 Å². The van der Waals surface area contributed by atoms with E-state index in [-0.39, 0.29) is 5.91 Å². The molecule has 1 aromatic rings. The fraction of sp³-hybridized carbons (Fsp3) is 0.611. The zero-order valence-corrected chi connectivity index (χ0v) is 13.0. The quantitative estimate of drug-likeness (QED) is 0.885. The van der Waals surface area contributed by atoms with Crippen molar-refractivity contribution in [1.29, 1.82) is 0 Å². The van der Waals surface area contributed by atoms with Crippen molar-refractivity contribution in [2.45, 2.75) is 57.9 Å². The molecule has 1 aromatic carbocycles. The minimum atomic E-state index is 0.0884. The zero-order valence-electron chi connectivity index (χ0n) is 13.0. The average molecular weight is 286 g/mol. The molecule has 0 atom stereocenters. The van der Waals surface area contributed by atoms with Gasteiger partial charge >= 0.3 is 0 Å². The molecule has 0 spiro atoms. The van der Waals surface area contributed by atoms with Gasteiger partial charge in [-0.05, 0) is 55.7 Å². The van der Waals surface area contributed by atoms with Gasteiger partial charge in [-0.25, -0.2) is 0 Å². The molecule has 1 saturated carbocycles. The Morgan fingerprint density at radius 2 is 2.10 bits per heavy atom. The van der Waals surface area contributed by atoms with Crippen LogP contribution in [0.2, 0.25) is 0 Å². The molecule has 0 radical (unpaired) electrons. The molecule has 0 saturated heterocycles. The van der Waals surface area contributed by atoms with Crippen LogP contribution in [0.3, 0.4) is 0 Å². The summed E-state index contributed by atoms with van der Waals surface area (Å²) in [5.41, 5.74) is 3.25. The molecule has 0 unspecified atom stereocenters. The first-order chi connectivity index (χ1) is 10.3. The number of anilines is 1. The minimum absolute atomic E-state index is 0.0884. The van der Waals surface area contributed by atoms with E-state index in [1.165, 1.54) is 31.2 Å². The lowest BCUT2D eigenvalue weighted by atomic mass is 9.83. The Kier molecular flexibility index (Phi) is 4.47. The van der Waals surface area contributed by atoms with Crippen molar-refractivity contribution < 1.29 is 4.79 Å². The summed E-state index contributed by atoms with van der Waals surface area (Å²) in [6, 6.07) is 6.42. The second-order valence-electron chi connectivity index (χ2n) is 6.53. The molecule has 1 amide bonds. The van der Waals surface area contributed by atoms with E-state index in [0.717, 1.165) is 43.0 Å². The summed E-state index contributed by atoms with van der Waals surface area (Å²) in [5, 5.41) is 6.56. The number of nitrogens with one attached hydrogen (secondary N) is 2. The highest BCUT2D eigenvalue weighted by Gasteiger charge is 2.22. The number of benzene rings is 1. The molecule has 0 aromatic heterocycles. The Hall–Kier alpha value is -1.51. The van der Waals surface area contributed by atoms with E-state index in [4.69, 9.17) is 0 Å². The molecule has 0 bridgehead atoms. The van der Waals surface area contributed by atoms with E-state index >= 15 is 0 Å². The molecule has 1 aliphatic heterocycles. The first kappa shape index (κ1) is 14.4. The van der Waals surface area contributed by atoms with Crippen molar-refractivity contribution in [3.8, 4) is 0 Å². The number of hydrogen-bond acceptors (Lipinski definition) is 2. The van der Waals surface area contributed by atoms with Crippen LogP contribution in [0.5, 0.6) is 0 Å². The molecule has 2 aliphatic rings. The second-order valence-corrected chi connectivity index (χ2v) is 6.53. The van der Waals surface area contributed by atoms with Crippen LogP contribution in [0.25, 0.3) is 0 Å². The summed E-state index contributed by atoms with van der Waals surface area (Å²) in [5.74, 6) is 0.970. The van der Waals surface area contributed by atoms with E-state index in [1.54, 1.807) is 0 Å². The lowest BCUT2D eigenvalue weighted by Crippen LogP contribution is -2.37. The molecular formula is C18H26N2O. The summed E-state index contributed by atoms with van der Waals surface area (Å²) in [4.78, 5) is 12.4. The largest absolute Gasteiger partial charge is 0.384 e. The number of rotatable bonds is 4. The fourth-order valence-electron chi connectivity index (χ4n) is 3.70. The van der Waals surface area contributed by atoms with Crippen molar-refractivity contribution in [1.82, 2.24) is 5.32 Å². The lowest BCUT2D eigenvalue weighted by Gasteiger charge is -2.29. The Balaban J connectivity index is 1.55. The molecule has 3 nitrogen and oxygen atoms in total. The highest BCUT2D eigenvalue weighted by atomic mass is 16.1. The van der Waals surface area contributed by atoms with Crippen LogP contribution in [0.4, 0.5) is 5.69 Å². The first-order valence-electron chi connectivity index (χ1n) is 8.44. The monoisotopic (exact) mass is 286 g/mol. The Bertz CT molecular complexity index is 504. The van der Waals surface area contributed by atoms with Crippen molar-refractivity contribution >= 4 is 11.6 Å². The fourth-order valence-corrected chi connectivity index (χ4v) is 3.70. The van der Waals surface area contributed by atoms with Gasteiger partial charge in [-0.3, -0.25) is 4.79 Å². The third-order valence-corrected chi connectivity index (χ3v) is 4.96. The maximum Gasteiger partial charge on any atom is 0.251 e. The van der Waals surface area contributed by atoms with Crippen molar-refractivity contribution in [2.24, 2.45) is 5.92 Å². The number of carbonyl (C=O) groups excluding carboxylic acids is 1. The molecule has 114 valence electrons. The van der Waals surface area contributed by atoms with Crippen LogP contribution in [0.1, 0.15) is 61.4 Å². The van der Waals surface area contributed by atoms with E-state index in [9.17, 15) is 4.79 Å². The molecule has 2 N–H and O–H groups in total. The first-order valence-corrected chi connectivity index (χ1v) is 8.44. The molecule has 1 heterocycles. The normalized spacial score (nSPS) is 24.2. The Morgan fingerprint density at radius 3 is 2.86 bits per heavy atom. The second kappa shape index (κ2) is 6.50. The lowest BCUT2D eigenvalue weighted by molar-refractivity contribution is 0.0921. The van der Waals surface area contributed by atoms with E-state index in [0.29, 0.717) is 6.04 Å². The van der Waals surface area contributed by atoms with Crippen LogP contribution in [0, 0.1) is 5.92 Å². The maximum atomic E-state index is 12.4. The molecule has 1 aliphatic carbocycles. The summed E-state index contributed by atoms with van der Waals surface area (Å²) in [6.45, 7) is 3.25. The van der Waals surface area contributed by atoms with Gasteiger partial charge in [0, 0.05) is 23.8 Å². The van der Waals surface area contributed by atoms with Crippen LogP contribution in [-0.4, -0.2) is 18.5 Å². The Morgan fingerprint density at radius 1 is 1.29 bits per heavy atom. The van der Waals surface area contributed by atoms with Gasteiger partial charge in [-0.15, -0.1) is 0 Å². The van der Waals surface area contributed by atoms with Gasteiger partial charge in [-0.1, -0.05) is 25.8 Å². The van der Waals surface area contributed by atoms with Crippen LogP contribution in [0.15, 0.2) is 18.2 Å². The highest BCUT2D eigenvalue weighted by Crippen LogP contribution is 2.28. The Labute approximate surface area is 127 Å². The van der Waals surface area contributed by atoms with Gasteiger partial charge in [0.25, 0.3) is 5.91 Å². The molecule has 21 heavy (non-hydrogen) atoms. The van der Waals surface area contributed by atoms with Gasteiger partial charge < -0.3 is 10.6 Å². The summed E-state index contributed by atoms with van der Waals surface area (Å²) in [6.07, 6.45) is 8.51. The third kappa shape index (κ3) is 3.39. The topological polar surface area (TPSA) is 41.1 Å². The average Bonchev–Trinajstić information content (AvgIpc) is 2.97. The van der Waals surface area contributed by atoms with Crippen molar-refractivity contribution in [3.05, 3.63) is 29.3 Å². The predicted molar refractivity (Wildman–Crippen MR) is 86.8 cm³/mol. The highest BCUT2D eigenvalue weighted by molar-refractivity contribution is 5.95.